The molecule has 0 radical (unpaired) electrons. The van der Waals surface area contributed by atoms with Gasteiger partial charge in [-0.15, -0.1) is 0 Å². The summed E-state index contributed by atoms with van der Waals surface area (Å²) in [6, 6.07) is 12.4. The van der Waals surface area contributed by atoms with E-state index in [2.05, 4.69) is 4.99 Å². The number of hydrogen-bond donors (Lipinski definition) is 0. The molecule has 0 saturated heterocycles. The average Bonchev–Trinajstić information content (AvgIpc) is 2.72. The molecule has 0 aliphatic heterocycles. The summed E-state index contributed by atoms with van der Waals surface area (Å²) in [5.41, 5.74) is 0.754. The maximum absolute atomic E-state index is 13.4. The minimum Gasteiger partial charge on any atom is -0.497 e. The van der Waals surface area contributed by atoms with Crippen LogP contribution in [0, 0.1) is 5.82 Å². The molecular formula is C20H16ClFN2O4S. The molecule has 6 nitrogen and oxygen atoms in total. The van der Waals surface area contributed by atoms with Gasteiger partial charge in [-0.05, 0) is 35.9 Å². The Hall–Kier alpha value is -2.97. The van der Waals surface area contributed by atoms with Crippen molar-refractivity contribution in [1.29, 1.82) is 0 Å². The molecule has 0 bridgehead atoms. The van der Waals surface area contributed by atoms with Gasteiger partial charge in [0, 0.05) is 6.07 Å². The first-order valence-electron chi connectivity index (χ1n) is 8.37. The van der Waals surface area contributed by atoms with Gasteiger partial charge in [-0.25, -0.2) is 14.2 Å². The number of rotatable bonds is 5. The highest BCUT2D eigenvalue weighted by molar-refractivity contribution is 7.11. The second-order valence-corrected chi connectivity index (χ2v) is 7.28. The Kier molecular flexibility index (Phi) is 6.46. The molecule has 0 unspecified atom stereocenters. The van der Waals surface area contributed by atoms with Crippen molar-refractivity contribution < 1.29 is 18.7 Å². The normalized spacial score (nSPS) is 11.4. The maximum atomic E-state index is 13.4. The van der Waals surface area contributed by atoms with Crippen LogP contribution in [-0.2, 0) is 11.3 Å². The van der Waals surface area contributed by atoms with Crippen molar-refractivity contribution >= 4 is 34.6 Å². The Morgan fingerprint density at radius 3 is 2.52 bits per heavy atom. The van der Waals surface area contributed by atoms with E-state index in [0.29, 0.717) is 11.4 Å². The van der Waals surface area contributed by atoms with Crippen LogP contribution >= 0.6 is 22.9 Å². The third-order valence-electron chi connectivity index (χ3n) is 3.97. The SMILES string of the molecule is COC(=O)c1cc(=O)n(Cc2ccc(OC)cc2)c(=Nc2ccc(F)c(Cl)c2)s1. The van der Waals surface area contributed by atoms with Gasteiger partial charge in [-0.3, -0.25) is 9.36 Å². The fraction of sp³-hybridized carbons (Fsp3) is 0.150. The maximum Gasteiger partial charge on any atom is 0.348 e. The molecule has 3 aromatic rings. The van der Waals surface area contributed by atoms with E-state index < -0.39 is 17.3 Å². The first-order valence-corrected chi connectivity index (χ1v) is 9.56. The highest BCUT2D eigenvalue weighted by atomic mass is 35.5. The zero-order valence-corrected chi connectivity index (χ0v) is 17.1. The fourth-order valence-electron chi connectivity index (χ4n) is 2.48. The Morgan fingerprint density at radius 1 is 1.17 bits per heavy atom. The van der Waals surface area contributed by atoms with E-state index >= 15 is 0 Å². The molecule has 1 aromatic heterocycles. The third-order valence-corrected chi connectivity index (χ3v) is 5.26. The molecule has 150 valence electrons. The topological polar surface area (TPSA) is 69.9 Å². The van der Waals surface area contributed by atoms with Gasteiger partial charge in [0.05, 0.1) is 31.5 Å². The molecule has 0 aliphatic rings. The van der Waals surface area contributed by atoms with Gasteiger partial charge >= 0.3 is 5.97 Å². The van der Waals surface area contributed by atoms with Crippen molar-refractivity contribution in [3.8, 4) is 5.75 Å². The molecule has 0 spiro atoms. The minimum absolute atomic E-state index is 0.0931. The van der Waals surface area contributed by atoms with Gasteiger partial charge in [0.1, 0.15) is 16.4 Å². The molecule has 3 rings (SSSR count). The number of benzene rings is 2. The van der Waals surface area contributed by atoms with Gasteiger partial charge in [0.15, 0.2) is 4.80 Å². The Balaban J connectivity index is 2.15. The van der Waals surface area contributed by atoms with Crippen molar-refractivity contribution in [2.75, 3.05) is 14.2 Å². The number of esters is 1. The zero-order valence-electron chi connectivity index (χ0n) is 15.5. The van der Waals surface area contributed by atoms with Gasteiger partial charge in [0.25, 0.3) is 5.56 Å². The second kappa shape index (κ2) is 9.02. The highest BCUT2D eigenvalue weighted by Gasteiger charge is 2.12. The highest BCUT2D eigenvalue weighted by Crippen LogP contribution is 2.21. The minimum atomic E-state index is -0.641. The van der Waals surface area contributed by atoms with Crippen molar-refractivity contribution in [2.24, 2.45) is 4.99 Å². The third kappa shape index (κ3) is 4.90. The molecule has 0 atom stereocenters. The first kappa shape index (κ1) is 20.8. The molecule has 9 heteroatoms. The number of aromatic nitrogens is 1. The molecule has 29 heavy (non-hydrogen) atoms. The lowest BCUT2D eigenvalue weighted by atomic mass is 10.2. The largest absolute Gasteiger partial charge is 0.497 e. The Bertz CT molecular complexity index is 1170. The molecule has 0 saturated carbocycles. The number of ether oxygens (including phenoxy) is 2. The summed E-state index contributed by atoms with van der Waals surface area (Å²) in [6.45, 7) is 0.217. The summed E-state index contributed by atoms with van der Waals surface area (Å²) in [5.74, 6) is -0.527. The van der Waals surface area contributed by atoms with Gasteiger partial charge < -0.3 is 9.47 Å². The Labute approximate surface area is 174 Å². The summed E-state index contributed by atoms with van der Waals surface area (Å²) in [5, 5.41) is -0.0931. The van der Waals surface area contributed by atoms with Crippen LogP contribution in [0.3, 0.4) is 0 Å². The summed E-state index contributed by atoms with van der Waals surface area (Å²) < 4.78 is 24.7. The molecule has 1 heterocycles. The molecular weight excluding hydrogens is 419 g/mol. The van der Waals surface area contributed by atoms with Crippen LogP contribution in [0.15, 0.2) is 58.3 Å². The van der Waals surface area contributed by atoms with Crippen molar-refractivity contribution in [3.05, 3.63) is 85.0 Å². The standard InChI is InChI=1S/C20H16ClFN2O4S/c1-27-14-6-3-12(4-7-14)11-24-18(25)10-17(19(26)28-2)29-20(24)23-13-5-8-16(22)15(21)9-13/h3-10H,11H2,1-2H3. The number of halogens is 2. The zero-order chi connectivity index (χ0) is 21.0. The van der Waals surface area contributed by atoms with Gasteiger partial charge in [0.2, 0.25) is 0 Å². The van der Waals surface area contributed by atoms with E-state index in [-0.39, 0.29) is 21.2 Å². The van der Waals surface area contributed by atoms with E-state index in [4.69, 9.17) is 21.1 Å². The van der Waals surface area contributed by atoms with Gasteiger partial charge in [-0.1, -0.05) is 35.1 Å². The molecule has 0 amide bonds. The number of nitrogens with zero attached hydrogens (tertiary/aromatic N) is 2. The summed E-state index contributed by atoms with van der Waals surface area (Å²) in [7, 11) is 2.80. The van der Waals surface area contributed by atoms with Crippen molar-refractivity contribution in [3.63, 3.8) is 0 Å². The number of methoxy groups -OCH3 is 2. The predicted molar refractivity (Wildman–Crippen MR) is 109 cm³/mol. The van der Waals surface area contributed by atoms with Crippen LogP contribution < -0.4 is 15.1 Å². The van der Waals surface area contributed by atoms with E-state index in [1.54, 1.807) is 19.2 Å². The summed E-state index contributed by atoms with van der Waals surface area (Å²) in [4.78, 5) is 29.4. The quantitative estimate of drug-likeness (QED) is 0.573. The molecule has 0 fully saturated rings. The lowest BCUT2D eigenvalue weighted by Crippen LogP contribution is -2.33. The van der Waals surface area contributed by atoms with E-state index in [9.17, 15) is 14.0 Å². The van der Waals surface area contributed by atoms with Crippen molar-refractivity contribution in [2.45, 2.75) is 6.54 Å². The smallest absolute Gasteiger partial charge is 0.348 e. The van der Waals surface area contributed by atoms with E-state index in [1.165, 1.54) is 35.9 Å². The predicted octanol–water partition coefficient (Wildman–Crippen LogP) is 3.78. The van der Waals surface area contributed by atoms with Crippen LogP contribution in [0.2, 0.25) is 5.02 Å². The second-order valence-electron chi connectivity index (χ2n) is 5.87. The summed E-state index contributed by atoms with van der Waals surface area (Å²) >= 11 is 6.82. The van der Waals surface area contributed by atoms with E-state index in [0.717, 1.165) is 16.9 Å². The number of hydrogen-bond acceptors (Lipinski definition) is 6. The molecule has 2 aromatic carbocycles. The van der Waals surface area contributed by atoms with Crippen LogP contribution in [0.4, 0.5) is 10.1 Å². The fourth-order valence-corrected chi connectivity index (χ4v) is 3.59. The average molecular weight is 435 g/mol. The van der Waals surface area contributed by atoms with Gasteiger partial charge in [-0.2, -0.15) is 0 Å². The molecule has 0 N–H and O–H groups in total. The number of carbonyl (C=O) groups excluding carboxylic acids is 1. The van der Waals surface area contributed by atoms with Crippen LogP contribution in [0.5, 0.6) is 5.75 Å². The number of carbonyl (C=O) groups is 1. The van der Waals surface area contributed by atoms with Crippen LogP contribution in [-0.4, -0.2) is 24.8 Å². The van der Waals surface area contributed by atoms with Crippen LogP contribution in [0.1, 0.15) is 15.2 Å². The first-order chi connectivity index (χ1) is 13.9. The van der Waals surface area contributed by atoms with Crippen molar-refractivity contribution in [1.82, 2.24) is 4.57 Å². The lowest BCUT2D eigenvalue weighted by molar-refractivity contribution is 0.0605. The molecule has 0 aliphatic carbocycles. The van der Waals surface area contributed by atoms with Crippen LogP contribution in [0.25, 0.3) is 0 Å². The monoisotopic (exact) mass is 434 g/mol. The Morgan fingerprint density at radius 2 is 1.90 bits per heavy atom. The summed E-state index contributed by atoms with van der Waals surface area (Å²) in [6.07, 6.45) is 0. The van der Waals surface area contributed by atoms with E-state index in [1.807, 2.05) is 12.1 Å². The lowest BCUT2D eigenvalue weighted by Gasteiger charge is -2.09.